The van der Waals surface area contributed by atoms with Crippen molar-refractivity contribution < 1.29 is 0 Å². The van der Waals surface area contributed by atoms with Crippen LogP contribution < -0.4 is 5.32 Å². The van der Waals surface area contributed by atoms with Crippen molar-refractivity contribution in [3.8, 4) is 0 Å². The van der Waals surface area contributed by atoms with E-state index < -0.39 is 0 Å². The van der Waals surface area contributed by atoms with Gasteiger partial charge < -0.3 is 5.32 Å². The lowest BCUT2D eigenvalue weighted by atomic mass is 10.1. The Bertz CT molecular complexity index is 745. The van der Waals surface area contributed by atoms with Crippen LogP contribution >= 0.6 is 11.3 Å². The summed E-state index contributed by atoms with van der Waals surface area (Å²) in [5, 5.41) is 10.3. The monoisotopic (exact) mass is 300 g/mol. The largest absolute Gasteiger partial charge is 0.303 e. The molecule has 0 aliphatic heterocycles. The van der Waals surface area contributed by atoms with Crippen LogP contribution in [-0.4, -0.2) is 14.6 Å². The molecule has 0 aromatic carbocycles. The minimum absolute atomic E-state index is 0.225. The van der Waals surface area contributed by atoms with Gasteiger partial charge in [-0.2, -0.15) is 5.10 Å². The van der Waals surface area contributed by atoms with E-state index in [1.54, 1.807) is 11.3 Å². The van der Waals surface area contributed by atoms with Gasteiger partial charge in [0.05, 0.1) is 5.69 Å². The van der Waals surface area contributed by atoms with Gasteiger partial charge in [0.2, 0.25) is 0 Å². The van der Waals surface area contributed by atoms with Gasteiger partial charge in [-0.05, 0) is 39.1 Å². The third kappa shape index (κ3) is 2.71. The fourth-order valence-corrected chi connectivity index (χ4v) is 3.43. The van der Waals surface area contributed by atoms with Gasteiger partial charge in [-0.25, -0.2) is 9.50 Å². The summed E-state index contributed by atoms with van der Waals surface area (Å²) in [6.45, 7) is 8.47. The van der Waals surface area contributed by atoms with Crippen LogP contribution in [0.4, 0.5) is 0 Å². The lowest BCUT2D eigenvalue weighted by Crippen LogP contribution is -2.23. The number of hydrogen-bond donors (Lipinski definition) is 1. The number of aryl methyl sites for hydroxylation is 2. The SMILES string of the molecule is Cc1cc2ncc(C(C)NC(C)c3cccs3)c(C)n2n1. The summed E-state index contributed by atoms with van der Waals surface area (Å²) in [7, 11) is 0. The maximum atomic E-state index is 4.52. The standard InChI is InChI=1S/C16H20N4S/c1-10-8-16-17-9-14(13(4)20(16)19-10)11(2)18-12(3)15-6-5-7-21-15/h5-9,11-12,18H,1-4H3. The van der Waals surface area contributed by atoms with Crippen molar-refractivity contribution in [2.24, 2.45) is 0 Å². The fourth-order valence-electron chi connectivity index (χ4n) is 2.69. The number of hydrogen-bond acceptors (Lipinski definition) is 4. The third-order valence-corrected chi connectivity index (χ3v) is 4.88. The first-order chi connectivity index (χ1) is 10.1. The highest BCUT2D eigenvalue weighted by Gasteiger charge is 2.16. The molecule has 5 heteroatoms. The Morgan fingerprint density at radius 3 is 2.76 bits per heavy atom. The zero-order valence-electron chi connectivity index (χ0n) is 12.8. The molecule has 3 rings (SSSR count). The molecule has 2 atom stereocenters. The first-order valence-corrected chi connectivity index (χ1v) is 8.05. The first kappa shape index (κ1) is 14.2. The molecule has 0 saturated carbocycles. The summed E-state index contributed by atoms with van der Waals surface area (Å²) >= 11 is 1.78. The number of nitrogens with one attached hydrogen (secondary N) is 1. The number of thiophene rings is 1. The molecule has 0 amide bonds. The van der Waals surface area contributed by atoms with Crippen molar-refractivity contribution in [3.63, 3.8) is 0 Å². The highest BCUT2D eigenvalue weighted by Crippen LogP contribution is 2.24. The second-order valence-electron chi connectivity index (χ2n) is 5.48. The quantitative estimate of drug-likeness (QED) is 0.796. The van der Waals surface area contributed by atoms with E-state index in [-0.39, 0.29) is 6.04 Å². The topological polar surface area (TPSA) is 42.2 Å². The maximum Gasteiger partial charge on any atom is 0.155 e. The number of rotatable bonds is 4. The minimum atomic E-state index is 0.225. The van der Waals surface area contributed by atoms with Crippen molar-refractivity contribution in [1.82, 2.24) is 19.9 Å². The Morgan fingerprint density at radius 1 is 1.24 bits per heavy atom. The van der Waals surface area contributed by atoms with Gasteiger partial charge >= 0.3 is 0 Å². The molecular weight excluding hydrogens is 280 g/mol. The molecule has 3 aromatic rings. The van der Waals surface area contributed by atoms with Gasteiger partial charge in [-0.1, -0.05) is 6.07 Å². The maximum absolute atomic E-state index is 4.52. The van der Waals surface area contributed by atoms with Crippen molar-refractivity contribution in [2.75, 3.05) is 0 Å². The molecule has 0 aliphatic carbocycles. The van der Waals surface area contributed by atoms with Gasteiger partial charge in [0.15, 0.2) is 5.65 Å². The second-order valence-corrected chi connectivity index (χ2v) is 6.46. The molecule has 0 fully saturated rings. The molecule has 0 bridgehead atoms. The Morgan fingerprint density at radius 2 is 2.05 bits per heavy atom. The molecule has 4 nitrogen and oxygen atoms in total. The molecule has 1 N–H and O–H groups in total. The van der Waals surface area contributed by atoms with Crippen molar-refractivity contribution >= 4 is 17.0 Å². The predicted molar refractivity (Wildman–Crippen MR) is 86.7 cm³/mol. The summed E-state index contributed by atoms with van der Waals surface area (Å²) in [5.74, 6) is 0. The highest BCUT2D eigenvalue weighted by molar-refractivity contribution is 7.10. The lowest BCUT2D eigenvalue weighted by molar-refractivity contribution is 0.494. The van der Waals surface area contributed by atoms with E-state index in [2.05, 4.69) is 53.7 Å². The normalized spacial score (nSPS) is 14.5. The van der Waals surface area contributed by atoms with Gasteiger partial charge in [0.25, 0.3) is 0 Å². The zero-order chi connectivity index (χ0) is 15.0. The predicted octanol–water partition coefficient (Wildman–Crippen LogP) is 3.82. The number of nitrogens with zero attached hydrogens (tertiary/aromatic N) is 3. The molecule has 21 heavy (non-hydrogen) atoms. The average Bonchev–Trinajstić information content (AvgIpc) is 3.07. The van der Waals surface area contributed by atoms with Crippen LogP contribution in [0.2, 0.25) is 0 Å². The van der Waals surface area contributed by atoms with Crippen LogP contribution in [0.1, 0.15) is 47.8 Å². The Kier molecular flexibility index (Phi) is 3.78. The fraction of sp³-hybridized carbons (Fsp3) is 0.375. The second kappa shape index (κ2) is 5.58. The molecule has 2 unspecified atom stereocenters. The summed E-state index contributed by atoms with van der Waals surface area (Å²) in [6.07, 6.45) is 1.96. The molecule has 110 valence electrons. The molecule has 3 aromatic heterocycles. The molecule has 0 aliphatic rings. The van der Waals surface area contributed by atoms with Gasteiger partial charge in [-0.3, -0.25) is 0 Å². The van der Waals surface area contributed by atoms with Crippen LogP contribution in [0.5, 0.6) is 0 Å². The van der Waals surface area contributed by atoms with Crippen molar-refractivity contribution in [3.05, 3.63) is 51.6 Å². The van der Waals surface area contributed by atoms with Crippen LogP contribution in [-0.2, 0) is 0 Å². The molecule has 0 radical (unpaired) electrons. The van der Waals surface area contributed by atoms with Crippen molar-refractivity contribution in [2.45, 2.75) is 39.8 Å². The Labute approximate surface area is 128 Å². The molecule has 3 heterocycles. The number of aromatic nitrogens is 3. The smallest absolute Gasteiger partial charge is 0.155 e. The lowest BCUT2D eigenvalue weighted by Gasteiger charge is -2.21. The molecule has 0 saturated heterocycles. The molecule has 0 spiro atoms. The van der Waals surface area contributed by atoms with Gasteiger partial charge in [-0.15, -0.1) is 11.3 Å². The van der Waals surface area contributed by atoms with E-state index in [9.17, 15) is 0 Å². The highest BCUT2D eigenvalue weighted by atomic mass is 32.1. The van der Waals surface area contributed by atoms with E-state index in [1.165, 1.54) is 10.4 Å². The summed E-state index contributed by atoms with van der Waals surface area (Å²) in [5.41, 5.74) is 4.24. The van der Waals surface area contributed by atoms with Gasteiger partial charge in [0.1, 0.15) is 0 Å². The Balaban J connectivity index is 1.87. The van der Waals surface area contributed by atoms with E-state index in [4.69, 9.17) is 0 Å². The van der Waals surface area contributed by atoms with Crippen molar-refractivity contribution in [1.29, 1.82) is 0 Å². The molecular formula is C16H20N4S. The Hall–Kier alpha value is -1.72. The summed E-state index contributed by atoms with van der Waals surface area (Å²) in [6, 6.07) is 6.82. The van der Waals surface area contributed by atoms with E-state index in [1.807, 2.05) is 23.7 Å². The van der Waals surface area contributed by atoms with Crippen LogP contribution in [0.3, 0.4) is 0 Å². The van der Waals surface area contributed by atoms with E-state index >= 15 is 0 Å². The van der Waals surface area contributed by atoms with Crippen LogP contribution in [0.15, 0.2) is 29.8 Å². The van der Waals surface area contributed by atoms with Crippen LogP contribution in [0.25, 0.3) is 5.65 Å². The third-order valence-electron chi connectivity index (χ3n) is 3.82. The summed E-state index contributed by atoms with van der Waals surface area (Å²) in [4.78, 5) is 5.87. The summed E-state index contributed by atoms with van der Waals surface area (Å²) < 4.78 is 1.93. The zero-order valence-corrected chi connectivity index (χ0v) is 13.6. The number of fused-ring (bicyclic) bond motifs is 1. The minimum Gasteiger partial charge on any atom is -0.303 e. The van der Waals surface area contributed by atoms with Gasteiger partial charge in [0, 0.05) is 40.5 Å². The van der Waals surface area contributed by atoms with E-state index in [0.29, 0.717) is 6.04 Å². The van der Waals surface area contributed by atoms with E-state index in [0.717, 1.165) is 17.0 Å². The average molecular weight is 300 g/mol. The van der Waals surface area contributed by atoms with Crippen LogP contribution in [0, 0.1) is 13.8 Å². The first-order valence-electron chi connectivity index (χ1n) is 7.17.